The van der Waals surface area contributed by atoms with Crippen LogP contribution in [0.25, 0.3) is 0 Å². The molecule has 0 saturated carbocycles. The molecule has 0 unspecified atom stereocenters. The molecule has 0 bridgehead atoms. The summed E-state index contributed by atoms with van der Waals surface area (Å²) in [5.74, 6) is 1.75. The largest absolute Gasteiger partial charge is 0.356 e. The van der Waals surface area contributed by atoms with Gasteiger partial charge in [0, 0.05) is 54.6 Å². The maximum Gasteiger partial charge on any atom is 0.250 e. The first-order valence-corrected chi connectivity index (χ1v) is 10.0. The number of thioether (sulfide) groups is 1. The van der Waals surface area contributed by atoms with E-state index < -0.39 is 0 Å². The second kappa shape index (κ2) is 11.6. The minimum Gasteiger partial charge on any atom is -0.356 e. The lowest BCUT2D eigenvalue weighted by Crippen LogP contribution is -2.38. The average molecular weight is 393 g/mol. The van der Waals surface area contributed by atoms with Gasteiger partial charge >= 0.3 is 0 Å². The number of aromatic nitrogens is 1. The minimum absolute atomic E-state index is 0.0520. The number of nitrogens with zero attached hydrogens (tertiary/aromatic N) is 2. The highest BCUT2D eigenvalue weighted by Gasteiger charge is 1.99. The Morgan fingerprint density at radius 2 is 1.88 bits per heavy atom. The van der Waals surface area contributed by atoms with Crippen molar-refractivity contribution >= 4 is 29.3 Å². The number of pyridine rings is 1. The summed E-state index contributed by atoms with van der Waals surface area (Å²) < 4.78 is 1.74. The fourth-order valence-corrected chi connectivity index (χ4v) is 3.24. The fourth-order valence-electron chi connectivity index (χ4n) is 2.35. The molecule has 7 heteroatoms. The van der Waals surface area contributed by atoms with Gasteiger partial charge in [0.25, 0.3) is 0 Å². The van der Waals surface area contributed by atoms with Gasteiger partial charge in [0.05, 0.1) is 0 Å². The number of hydrogen-bond acceptors (Lipinski definition) is 3. The molecule has 5 nitrogen and oxygen atoms in total. The van der Waals surface area contributed by atoms with Crippen molar-refractivity contribution in [3.8, 4) is 0 Å². The standard InChI is InChI=1S/C19H25ClN4OS/c1-21-19(23-12-15-26-17-9-7-16(20)8-10-17)22-11-3-5-14-24-13-4-2-6-18(24)25/h2,4,6-10,13H,3,5,11-12,14-15H2,1H3,(H2,21,22,23). The van der Waals surface area contributed by atoms with E-state index in [-0.39, 0.29) is 5.56 Å². The molecule has 0 aliphatic heterocycles. The Morgan fingerprint density at radius 3 is 2.62 bits per heavy atom. The first kappa shape index (κ1) is 20.4. The maximum atomic E-state index is 11.6. The van der Waals surface area contributed by atoms with Gasteiger partial charge in [-0.05, 0) is 43.2 Å². The van der Waals surface area contributed by atoms with Gasteiger partial charge in [-0.3, -0.25) is 9.79 Å². The molecule has 26 heavy (non-hydrogen) atoms. The summed E-state index contributed by atoms with van der Waals surface area (Å²) in [6.45, 7) is 2.39. The summed E-state index contributed by atoms with van der Waals surface area (Å²) in [7, 11) is 1.77. The molecule has 1 aromatic carbocycles. The van der Waals surface area contributed by atoms with Gasteiger partial charge in [-0.25, -0.2) is 0 Å². The van der Waals surface area contributed by atoms with Crippen molar-refractivity contribution in [2.24, 2.45) is 4.99 Å². The number of hydrogen-bond donors (Lipinski definition) is 2. The zero-order valence-corrected chi connectivity index (χ0v) is 16.5. The topological polar surface area (TPSA) is 58.4 Å². The average Bonchev–Trinajstić information content (AvgIpc) is 2.66. The molecule has 0 atom stereocenters. The highest BCUT2D eigenvalue weighted by molar-refractivity contribution is 7.99. The molecule has 140 valence electrons. The highest BCUT2D eigenvalue weighted by atomic mass is 35.5. The van der Waals surface area contributed by atoms with Gasteiger partial charge in [-0.1, -0.05) is 17.7 Å². The number of halogens is 1. The van der Waals surface area contributed by atoms with Gasteiger partial charge in [0.15, 0.2) is 5.96 Å². The van der Waals surface area contributed by atoms with E-state index in [1.165, 1.54) is 4.90 Å². The maximum absolute atomic E-state index is 11.6. The van der Waals surface area contributed by atoms with Gasteiger partial charge in [-0.2, -0.15) is 0 Å². The first-order valence-electron chi connectivity index (χ1n) is 8.67. The monoisotopic (exact) mass is 392 g/mol. The van der Waals surface area contributed by atoms with Crippen molar-refractivity contribution in [1.29, 1.82) is 0 Å². The van der Waals surface area contributed by atoms with Crippen molar-refractivity contribution in [2.45, 2.75) is 24.3 Å². The molecular formula is C19H25ClN4OS. The van der Waals surface area contributed by atoms with E-state index in [1.54, 1.807) is 35.5 Å². The Kier molecular flexibility index (Phi) is 9.14. The highest BCUT2D eigenvalue weighted by Crippen LogP contribution is 2.19. The molecular weight excluding hydrogens is 368 g/mol. The van der Waals surface area contributed by atoms with E-state index >= 15 is 0 Å². The van der Waals surface area contributed by atoms with Crippen molar-refractivity contribution in [3.05, 3.63) is 64.0 Å². The van der Waals surface area contributed by atoms with E-state index in [9.17, 15) is 4.79 Å². The third-order valence-electron chi connectivity index (χ3n) is 3.72. The van der Waals surface area contributed by atoms with Gasteiger partial charge in [0.2, 0.25) is 5.56 Å². The van der Waals surface area contributed by atoms with E-state index in [2.05, 4.69) is 15.6 Å². The van der Waals surface area contributed by atoms with Crippen LogP contribution in [0.3, 0.4) is 0 Å². The van der Waals surface area contributed by atoms with Crippen LogP contribution in [0.15, 0.2) is 63.3 Å². The lowest BCUT2D eigenvalue weighted by Gasteiger charge is -2.12. The second-order valence-corrected chi connectivity index (χ2v) is 7.27. The Bertz CT molecular complexity index is 746. The van der Waals surface area contributed by atoms with Crippen LogP contribution in [0, 0.1) is 0 Å². The van der Waals surface area contributed by atoms with Crippen molar-refractivity contribution in [1.82, 2.24) is 15.2 Å². The zero-order chi connectivity index (χ0) is 18.6. The van der Waals surface area contributed by atoms with Crippen LogP contribution in [0.4, 0.5) is 0 Å². The number of guanidine groups is 1. The molecule has 0 amide bonds. The molecule has 1 heterocycles. The molecule has 0 radical (unpaired) electrons. The SMILES string of the molecule is CN=C(NCCCCn1ccccc1=O)NCCSc1ccc(Cl)cc1. The molecule has 0 saturated heterocycles. The van der Waals surface area contributed by atoms with E-state index in [1.807, 2.05) is 36.5 Å². The molecule has 0 spiro atoms. The van der Waals surface area contributed by atoms with Gasteiger partial charge in [0.1, 0.15) is 0 Å². The quantitative estimate of drug-likeness (QED) is 0.297. The summed E-state index contributed by atoms with van der Waals surface area (Å²) in [5, 5.41) is 7.37. The number of aliphatic imine (C=N–C) groups is 1. The molecule has 0 aliphatic carbocycles. The minimum atomic E-state index is 0.0520. The van der Waals surface area contributed by atoms with Crippen LogP contribution in [0.5, 0.6) is 0 Å². The lowest BCUT2D eigenvalue weighted by molar-refractivity contribution is 0.586. The van der Waals surface area contributed by atoms with Crippen molar-refractivity contribution < 1.29 is 0 Å². The Hall–Kier alpha value is -1.92. The van der Waals surface area contributed by atoms with Gasteiger partial charge in [-0.15, -0.1) is 11.8 Å². The van der Waals surface area contributed by atoms with Crippen LogP contribution >= 0.6 is 23.4 Å². The van der Waals surface area contributed by atoms with Crippen LogP contribution in [0.2, 0.25) is 5.02 Å². The Labute approximate surface area is 163 Å². The summed E-state index contributed by atoms with van der Waals surface area (Å²) >= 11 is 7.66. The molecule has 2 aromatic rings. The van der Waals surface area contributed by atoms with Crippen LogP contribution in [-0.4, -0.2) is 36.4 Å². The summed E-state index contributed by atoms with van der Waals surface area (Å²) in [4.78, 5) is 17.0. The number of nitrogens with one attached hydrogen (secondary N) is 2. The van der Waals surface area contributed by atoms with Crippen LogP contribution in [-0.2, 0) is 6.54 Å². The first-order chi connectivity index (χ1) is 12.7. The predicted octanol–water partition coefficient (Wildman–Crippen LogP) is 3.24. The Balaban J connectivity index is 1.57. The fraction of sp³-hybridized carbons (Fsp3) is 0.368. The third kappa shape index (κ3) is 7.54. The molecule has 2 N–H and O–H groups in total. The normalized spacial score (nSPS) is 11.4. The summed E-state index contributed by atoms with van der Waals surface area (Å²) in [6, 6.07) is 13.1. The Morgan fingerprint density at radius 1 is 1.12 bits per heavy atom. The number of unbranched alkanes of at least 4 members (excludes halogenated alkanes) is 1. The van der Waals surface area contributed by atoms with E-state index in [0.717, 1.165) is 49.2 Å². The number of benzene rings is 1. The second-order valence-electron chi connectivity index (χ2n) is 5.67. The molecule has 2 rings (SSSR count). The van der Waals surface area contributed by atoms with E-state index in [4.69, 9.17) is 11.6 Å². The van der Waals surface area contributed by atoms with Crippen molar-refractivity contribution in [3.63, 3.8) is 0 Å². The number of aryl methyl sites for hydroxylation is 1. The van der Waals surface area contributed by atoms with E-state index in [0.29, 0.717) is 0 Å². The lowest BCUT2D eigenvalue weighted by atomic mass is 10.3. The van der Waals surface area contributed by atoms with Crippen molar-refractivity contribution in [2.75, 3.05) is 25.9 Å². The smallest absolute Gasteiger partial charge is 0.250 e. The molecule has 1 aromatic heterocycles. The summed E-state index contributed by atoms with van der Waals surface area (Å²) in [6.07, 6.45) is 3.75. The molecule has 0 fully saturated rings. The van der Waals surface area contributed by atoms with Gasteiger partial charge < -0.3 is 15.2 Å². The molecule has 0 aliphatic rings. The number of rotatable bonds is 9. The van der Waals surface area contributed by atoms with Crippen LogP contribution < -0.4 is 16.2 Å². The van der Waals surface area contributed by atoms with Crippen LogP contribution in [0.1, 0.15) is 12.8 Å². The zero-order valence-electron chi connectivity index (χ0n) is 15.0. The third-order valence-corrected chi connectivity index (χ3v) is 4.98. The predicted molar refractivity (Wildman–Crippen MR) is 111 cm³/mol. The summed E-state index contributed by atoms with van der Waals surface area (Å²) in [5.41, 5.74) is 0.0520.